The van der Waals surface area contributed by atoms with Crippen LogP contribution >= 0.6 is 0 Å². The number of hydrogen-bond acceptors (Lipinski definition) is 3. The van der Waals surface area contributed by atoms with Crippen LogP contribution in [0.5, 0.6) is 0 Å². The van der Waals surface area contributed by atoms with Crippen molar-refractivity contribution in [2.24, 2.45) is 0 Å². The van der Waals surface area contributed by atoms with Crippen molar-refractivity contribution in [3.8, 4) is 0 Å². The molecular formula is C12H12F3N3O2. The molecule has 108 valence electrons. The van der Waals surface area contributed by atoms with E-state index in [0.29, 0.717) is 5.65 Å². The third-order valence-corrected chi connectivity index (χ3v) is 2.76. The van der Waals surface area contributed by atoms with Crippen LogP contribution in [-0.2, 0) is 0 Å². The summed E-state index contributed by atoms with van der Waals surface area (Å²) in [5, 5.41) is 10.8. The van der Waals surface area contributed by atoms with Crippen molar-refractivity contribution in [3.05, 3.63) is 35.8 Å². The Hall–Kier alpha value is -2.09. The fourth-order valence-electron chi connectivity index (χ4n) is 1.65. The summed E-state index contributed by atoms with van der Waals surface area (Å²) in [6, 6.07) is 5.24. The number of alkyl halides is 3. The van der Waals surface area contributed by atoms with E-state index in [1.165, 1.54) is 6.20 Å². The number of carbonyl (C=O) groups excluding carboxylic acids is 1. The van der Waals surface area contributed by atoms with Gasteiger partial charge in [0.2, 0.25) is 0 Å². The summed E-state index contributed by atoms with van der Waals surface area (Å²) in [7, 11) is 0. The zero-order chi connectivity index (χ0) is 14.9. The van der Waals surface area contributed by atoms with E-state index < -0.39 is 24.7 Å². The van der Waals surface area contributed by atoms with Crippen molar-refractivity contribution in [2.45, 2.75) is 19.2 Å². The lowest BCUT2D eigenvalue weighted by Crippen LogP contribution is -2.40. The first-order chi connectivity index (χ1) is 9.29. The molecule has 5 nitrogen and oxygen atoms in total. The second-order valence-corrected chi connectivity index (χ2v) is 4.29. The predicted molar refractivity (Wildman–Crippen MR) is 64.3 cm³/mol. The Kier molecular flexibility index (Phi) is 3.67. The molecule has 1 atom stereocenters. The second-order valence-electron chi connectivity index (χ2n) is 4.29. The van der Waals surface area contributed by atoms with Gasteiger partial charge in [0.05, 0.1) is 6.54 Å². The van der Waals surface area contributed by atoms with E-state index in [9.17, 15) is 18.0 Å². The summed E-state index contributed by atoms with van der Waals surface area (Å²) >= 11 is 0. The van der Waals surface area contributed by atoms with E-state index in [4.69, 9.17) is 5.11 Å². The number of fused-ring (bicyclic) bond motifs is 1. The summed E-state index contributed by atoms with van der Waals surface area (Å²) in [5.41, 5.74) is 1.35. The van der Waals surface area contributed by atoms with Crippen molar-refractivity contribution in [2.75, 3.05) is 6.54 Å². The molecule has 0 bridgehead atoms. The Morgan fingerprint density at radius 2 is 2.20 bits per heavy atom. The summed E-state index contributed by atoms with van der Waals surface area (Å²) in [4.78, 5) is 15.7. The van der Waals surface area contributed by atoms with Gasteiger partial charge in [-0.25, -0.2) is 4.98 Å². The lowest BCUT2D eigenvalue weighted by molar-refractivity contribution is -0.201. The predicted octanol–water partition coefficient (Wildman–Crippen LogP) is 1.30. The molecule has 0 saturated heterocycles. The number of pyridine rings is 1. The van der Waals surface area contributed by atoms with E-state index in [0.717, 1.165) is 5.69 Å². The first-order valence-electron chi connectivity index (χ1n) is 5.77. The van der Waals surface area contributed by atoms with E-state index in [1.54, 1.807) is 16.5 Å². The minimum Gasteiger partial charge on any atom is -0.382 e. The molecule has 0 aliphatic carbocycles. The average molecular weight is 287 g/mol. The van der Waals surface area contributed by atoms with Gasteiger partial charge in [0.15, 0.2) is 6.10 Å². The largest absolute Gasteiger partial charge is 0.416 e. The van der Waals surface area contributed by atoms with Gasteiger partial charge in [-0.1, -0.05) is 6.07 Å². The van der Waals surface area contributed by atoms with Gasteiger partial charge in [0.1, 0.15) is 11.3 Å². The highest BCUT2D eigenvalue weighted by Crippen LogP contribution is 2.19. The van der Waals surface area contributed by atoms with Crippen LogP contribution in [0.1, 0.15) is 16.2 Å². The molecule has 1 unspecified atom stereocenters. The molecule has 0 aromatic carbocycles. The molecule has 2 aromatic heterocycles. The van der Waals surface area contributed by atoms with Crippen molar-refractivity contribution < 1.29 is 23.1 Å². The number of amides is 1. The summed E-state index contributed by atoms with van der Waals surface area (Å²) in [6.45, 7) is 0.902. The van der Waals surface area contributed by atoms with Gasteiger partial charge in [0, 0.05) is 11.9 Å². The van der Waals surface area contributed by atoms with Crippen LogP contribution in [0.15, 0.2) is 24.4 Å². The molecule has 0 saturated carbocycles. The molecule has 0 aliphatic heterocycles. The number of aliphatic hydroxyl groups excluding tert-OH is 1. The molecule has 0 spiro atoms. The number of nitrogens with zero attached hydrogens (tertiary/aromatic N) is 2. The van der Waals surface area contributed by atoms with Gasteiger partial charge < -0.3 is 14.8 Å². The van der Waals surface area contributed by atoms with Crippen molar-refractivity contribution in [3.63, 3.8) is 0 Å². The zero-order valence-corrected chi connectivity index (χ0v) is 10.5. The summed E-state index contributed by atoms with van der Waals surface area (Å²) in [5.74, 6) is -0.767. The molecule has 1 amide bonds. The maximum Gasteiger partial charge on any atom is 0.416 e. The van der Waals surface area contributed by atoms with Gasteiger partial charge >= 0.3 is 6.18 Å². The molecule has 8 heteroatoms. The minimum atomic E-state index is -4.76. The lowest BCUT2D eigenvalue weighted by atomic mass is 10.3. The Bertz CT molecular complexity index is 636. The van der Waals surface area contributed by atoms with Crippen LogP contribution in [-0.4, -0.2) is 39.2 Å². The number of aliphatic hydroxyl groups is 1. The van der Waals surface area contributed by atoms with E-state index in [2.05, 4.69) is 4.98 Å². The third kappa shape index (κ3) is 2.90. The van der Waals surface area contributed by atoms with Crippen molar-refractivity contribution in [1.82, 2.24) is 14.7 Å². The third-order valence-electron chi connectivity index (χ3n) is 2.76. The maximum atomic E-state index is 12.1. The van der Waals surface area contributed by atoms with Crippen LogP contribution < -0.4 is 5.32 Å². The van der Waals surface area contributed by atoms with Crippen molar-refractivity contribution in [1.29, 1.82) is 0 Å². The molecule has 20 heavy (non-hydrogen) atoms. The Balaban J connectivity index is 2.10. The van der Waals surface area contributed by atoms with Crippen LogP contribution in [0.4, 0.5) is 13.2 Å². The second kappa shape index (κ2) is 5.12. The molecule has 0 radical (unpaired) electrons. The molecule has 0 fully saturated rings. The fourth-order valence-corrected chi connectivity index (χ4v) is 1.65. The maximum absolute atomic E-state index is 12.1. The standard InChI is InChI=1S/C12H12F3N3O2/c1-7-3-2-4-10-17-8(6-18(7)10)11(20)16-5-9(19)12(13,14)15/h2-4,6,9,19H,5H2,1H3,(H,16,20). The first-order valence-corrected chi connectivity index (χ1v) is 5.77. The van der Waals surface area contributed by atoms with Gasteiger partial charge in [-0.15, -0.1) is 0 Å². The summed E-state index contributed by atoms with van der Waals surface area (Å²) in [6.07, 6.45) is -5.92. The molecule has 2 rings (SSSR count). The number of carbonyl (C=O) groups is 1. The molecule has 0 aliphatic rings. The monoisotopic (exact) mass is 287 g/mol. The van der Waals surface area contributed by atoms with Gasteiger partial charge in [0.25, 0.3) is 5.91 Å². The van der Waals surface area contributed by atoms with E-state index >= 15 is 0 Å². The average Bonchev–Trinajstić information content (AvgIpc) is 2.79. The van der Waals surface area contributed by atoms with Crippen molar-refractivity contribution >= 4 is 11.6 Å². The smallest absolute Gasteiger partial charge is 0.382 e. The first kappa shape index (κ1) is 14.3. The number of aryl methyl sites for hydroxylation is 1. The SMILES string of the molecule is Cc1cccc2nc(C(=O)NCC(O)C(F)(F)F)cn12. The van der Waals surface area contributed by atoms with Gasteiger partial charge in [-0.3, -0.25) is 4.79 Å². The summed E-state index contributed by atoms with van der Waals surface area (Å²) < 4.78 is 38.0. The van der Waals surface area contributed by atoms with Crippen LogP contribution in [0.2, 0.25) is 0 Å². The molecule has 2 N–H and O–H groups in total. The highest BCUT2D eigenvalue weighted by molar-refractivity contribution is 5.92. The number of halogens is 3. The molecule has 2 heterocycles. The Morgan fingerprint density at radius 1 is 1.50 bits per heavy atom. The number of nitrogens with one attached hydrogen (secondary N) is 1. The van der Waals surface area contributed by atoms with Gasteiger partial charge in [-0.05, 0) is 19.1 Å². The van der Waals surface area contributed by atoms with Crippen LogP contribution in [0, 0.1) is 6.92 Å². The fraction of sp³-hybridized carbons (Fsp3) is 0.333. The van der Waals surface area contributed by atoms with E-state index in [-0.39, 0.29) is 5.69 Å². The van der Waals surface area contributed by atoms with Crippen LogP contribution in [0.3, 0.4) is 0 Å². The minimum absolute atomic E-state index is 0.00586. The quantitative estimate of drug-likeness (QED) is 0.894. The lowest BCUT2D eigenvalue weighted by Gasteiger charge is -2.14. The molecular weight excluding hydrogens is 275 g/mol. The Morgan fingerprint density at radius 3 is 2.80 bits per heavy atom. The van der Waals surface area contributed by atoms with Crippen LogP contribution in [0.25, 0.3) is 5.65 Å². The zero-order valence-electron chi connectivity index (χ0n) is 10.5. The van der Waals surface area contributed by atoms with E-state index in [1.807, 2.05) is 18.3 Å². The number of aromatic nitrogens is 2. The number of rotatable bonds is 3. The normalized spacial score (nSPS) is 13.4. The molecule has 2 aromatic rings. The number of hydrogen-bond donors (Lipinski definition) is 2. The highest BCUT2D eigenvalue weighted by Gasteiger charge is 2.38. The Labute approximate surface area is 112 Å². The van der Waals surface area contributed by atoms with Gasteiger partial charge in [-0.2, -0.15) is 13.2 Å². The number of imidazole rings is 1. The topological polar surface area (TPSA) is 66.6 Å². The highest BCUT2D eigenvalue weighted by atomic mass is 19.4.